The predicted molar refractivity (Wildman–Crippen MR) is 63.8 cm³/mol. The topological polar surface area (TPSA) is 78.7 Å². The molecule has 7 heteroatoms. The van der Waals surface area contributed by atoms with Crippen LogP contribution in [0.15, 0.2) is 0 Å². The Morgan fingerprint density at radius 3 is 2.50 bits per heavy atom. The molecule has 0 saturated carbocycles. The molecule has 0 amide bonds. The molecule has 0 aliphatic carbocycles. The lowest BCUT2D eigenvalue weighted by molar-refractivity contribution is 0.194. The van der Waals surface area contributed by atoms with Crippen molar-refractivity contribution in [2.45, 2.75) is 25.7 Å². The van der Waals surface area contributed by atoms with Crippen LogP contribution in [0, 0.1) is 0 Å². The van der Waals surface area contributed by atoms with E-state index in [0.29, 0.717) is 19.5 Å². The number of nitrogens with zero attached hydrogens (tertiary/aromatic N) is 2. The van der Waals surface area contributed by atoms with Gasteiger partial charge in [0.25, 0.3) is 10.2 Å². The molecule has 3 N–H and O–H groups in total. The first kappa shape index (κ1) is 13.9. The second kappa shape index (κ2) is 6.51. The molecule has 0 aromatic carbocycles. The van der Waals surface area contributed by atoms with Crippen LogP contribution in [0.3, 0.4) is 0 Å². The molecule has 0 radical (unpaired) electrons. The normalized spacial score (nSPS) is 19.2. The van der Waals surface area contributed by atoms with Crippen LogP contribution in [-0.4, -0.2) is 51.0 Å². The lowest BCUT2D eigenvalue weighted by atomic mass is 10.2. The monoisotopic (exact) mass is 250 g/mol. The van der Waals surface area contributed by atoms with Gasteiger partial charge in [-0.3, -0.25) is 0 Å². The highest BCUT2D eigenvalue weighted by molar-refractivity contribution is 7.87. The van der Waals surface area contributed by atoms with E-state index in [2.05, 4.69) is 4.83 Å². The summed E-state index contributed by atoms with van der Waals surface area (Å²) in [4.78, 5) is 2.59. The predicted octanol–water partition coefficient (Wildman–Crippen LogP) is -0.498. The van der Waals surface area contributed by atoms with E-state index in [1.165, 1.54) is 10.7 Å². The van der Waals surface area contributed by atoms with Crippen LogP contribution >= 0.6 is 0 Å². The Bertz CT molecular complexity index is 288. The van der Waals surface area contributed by atoms with Crippen LogP contribution in [0.2, 0.25) is 0 Å². The van der Waals surface area contributed by atoms with Crippen LogP contribution in [0.4, 0.5) is 0 Å². The van der Waals surface area contributed by atoms with Crippen molar-refractivity contribution in [3.05, 3.63) is 0 Å². The van der Waals surface area contributed by atoms with Gasteiger partial charge in [-0.1, -0.05) is 6.42 Å². The first-order valence-corrected chi connectivity index (χ1v) is 7.19. The van der Waals surface area contributed by atoms with Gasteiger partial charge in [-0.2, -0.15) is 12.7 Å². The van der Waals surface area contributed by atoms with Gasteiger partial charge in [-0.25, -0.2) is 5.01 Å². The lowest BCUT2D eigenvalue weighted by Gasteiger charge is -2.28. The summed E-state index contributed by atoms with van der Waals surface area (Å²) < 4.78 is 25.0. The van der Waals surface area contributed by atoms with Gasteiger partial charge in [-0.15, -0.1) is 4.83 Å². The smallest absolute Gasteiger partial charge is 0.292 e. The Balaban J connectivity index is 2.42. The fourth-order valence-corrected chi connectivity index (χ4v) is 2.67. The molecule has 0 spiro atoms. The zero-order chi connectivity index (χ0) is 12.0. The zero-order valence-corrected chi connectivity index (χ0v) is 10.7. The molecular formula is C9H22N4O2S. The summed E-state index contributed by atoms with van der Waals surface area (Å²) in [5.74, 6) is 0. The molecule has 1 saturated heterocycles. The second-order valence-corrected chi connectivity index (χ2v) is 5.86. The van der Waals surface area contributed by atoms with E-state index in [0.717, 1.165) is 25.9 Å². The van der Waals surface area contributed by atoms with Crippen molar-refractivity contribution in [1.82, 2.24) is 14.1 Å². The van der Waals surface area contributed by atoms with E-state index in [1.54, 1.807) is 12.1 Å². The minimum atomic E-state index is -3.38. The van der Waals surface area contributed by atoms with Crippen molar-refractivity contribution < 1.29 is 8.42 Å². The van der Waals surface area contributed by atoms with Crippen LogP contribution in [0.5, 0.6) is 0 Å². The number of piperidine rings is 1. The van der Waals surface area contributed by atoms with Gasteiger partial charge in [0, 0.05) is 26.7 Å². The van der Waals surface area contributed by atoms with Crippen molar-refractivity contribution >= 4 is 10.2 Å². The van der Waals surface area contributed by atoms with Gasteiger partial charge in [0.15, 0.2) is 0 Å². The molecule has 1 rings (SSSR count). The maximum Gasteiger partial charge on any atom is 0.292 e. The van der Waals surface area contributed by atoms with Gasteiger partial charge in [0.1, 0.15) is 0 Å². The summed E-state index contributed by atoms with van der Waals surface area (Å²) in [5, 5.41) is 1.78. The van der Waals surface area contributed by atoms with Gasteiger partial charge >= 0.3 is 0 Å². The Kier molecular flexibility index (Phi) is 5.63. The van der Waals surface area contributed by atoms with E-state index >= 15 is 0 Å². The first-order chi connectivity index (χ1) is 7.56. The minimum Gasteiger partial charge on any atom is -0.330 e. The summed E-state index contributed by atoms with van der Waals surface area (Å²) >= 11 is 0. The number of nitrogens with two attached hydrogens (primary N) is 1. The highest BCUT2D eigenvalue weighted by Crippen LogP contribution is 2.07. The SMILES string of the molecule is CN(CCCN)S(=O)(=O)NN1CCCCC1. The highest BCUT2D eigenvalue weighted by atomic mass is 32.2. The number of hydrogen-bond donors (Lipinski definition) is 2. The third-order valence-electron chi connectivity index (χ3n) is 2.69. The van der Waals surface area contributed by atoms with Crippen LogP contribution in [0.1, 0.15) is 25.7 Å². The molecule has 0 aromatic rings. The Morgan fingerprint density at radius 1 is 1.31 bits per heavy atom. The molecule has 16 heavy (non-hydrogen) atoms. The van der Waals surface area contributed by atoms with Crippen LogP contribution in [0.25, 0.3) is 0 Å². The van der Waals surface area contributed by atoms with Crippen molar-refractivity contribution in [1.29, 1.82) is 0 Å². The summed E-state index contributed by atoms with van der Waals surface area (Å²) in [7, 11) is -1.81. The third-order valence-corrected chi connectivity index (χ3v) is 4.18. The molecule has 6 nitrogen and oxygen atoms in total. The van der Waals surface area contributed by atoms with E-state index in [4.69, 9.17) is 5.73 Å². The summed E-state index contributed by atoms with van der Waals surface area (Å²) in [5.41, 5.74) is 5.35. The number of hydrogen-bond acceptors (Lipinski definition) is 4. The standard InChI is InChI=1S/C9H22N4O2S/c1-12(7-5-6-10)16(14,15)11-13-8-3-2-4-9-13/h11H,2-10H2,1H3. The molecule has 1 fully saturated rings. The summed E-state index contributed by atoms with van der Waals surface area (Å²) in [6.45, 7) is 2.55. The molecular weight excluding hydrogens is 228 g/mol. The van der Waals surface area contributed by atoms with E-state index < -0.39 is 10.2 Å². The fourth-order valence-electron chi connectivity index (χ4n) is 1.65. The van der Waals surface area contributed by atoms with E-state index in [9.17, 15) is 8.42 Å². The summed E-state index contributed by atoms with van der Waals surface area (Å²) in [6.07, 6.45) is 3.96. The van der Waals surface area contributed by atoms with Crippen molar-refractivity contribution in [3.63, 3.8) is 0 Å². The molecule has 1 aliphatic heterocycles. The van der Waals surface area contributed by atoms with E-state index in [1.807, 2.05) is 0 Å². The molecule has 0 aromatic heterocycles. The van der Waals surface area contributed by atoms with Crippen molar-refractivity contribution in [2.24, 2.45) is 5.73 Å². The fraction of sp³-hybridized carbons (Fsp3) is 1.00. The number of hydrazine groups is 1. The lowest BCUT2D eigenvalue weighted by Crippen LogP contribution is -2.50. The molecule has 0 atom stereocenters. The maximum atomic E-state index is 11.8. The van der Waals surface area contributed by atoms with Crippen molar-refractivity contribution in [2.75, 3.05) is 33.2 Å². The molecule has 0 bridgehead atoms. The molecule has 0 unspecified atom stereocenters. The Hall–Kier alpha value is -0.210. The van der Waals surface area contributed by atoms with Crippen molar-refractivity contribution in [3.8, 4) is 0 Å². The average molecular weight is 250 g/mol. The molecule has 1 heterocycles. The highest BCUT2D eigenvalue weighted by Gasteiger charge is 2.21. The van der Waals surface area contributed by atoms with Gasteiger partial charge in [0.2, 0.25) is 0 Å². The maximum absolute atomic E-state index is 11.8. The first-order valence-electron chi connectivity index (χ1n) is 5.75. The molecule has 1 aliphatic rings. The Morgan fingerprint density at radius 2 is 1.94 bits per heavy atom. The van der Waals surface area contributed by atoms with Gasteiger partial charge in [0.05, 0.1) is 0 Å². The molecule has 96 valence electrons. The van der Waals surface area contributed by atoms with Gasteiger partial charge in [-0.05, 0) is 25.8 Å². The number of rotatable bonds is 6. The average Bonchev–Trinajstić information content (AvgIpc) is 2.26. The largest absolute Gasteiger partial charge is 0.330 e. The van der Waals surface area contributed by atoms with Gasteiger partial charge < -0.3 is 5.73 Å². The minimum absolute atomic E-state index is 0.458. The quantitative estimate of drug-likeness (QED) is 0.666. The van der Waals surface area contributed by atoms with Crippen LogP contribution < -0.4 is 10.6 Å². The third kappa shape index (κ3) is 4.34. The Labute approximate surface area is 97.9 Å². The number of nitrogens with one attached hydrogen (secondary N) is 1. The van der Waals surface area contributed by atoms with Crippen LogP contribution in [-0.2, 0) is 10.2 Å². The van der Waals surface area contributed by atoms with E-state index in [-0.39, 0.29) is 0 Å². The summed E-state index contributed by atoms with van der Waals surface area (Å²) in [6, 6.07) is 0. The second-order valence-electron chi connectivity index (χ2n) is 4.11. The zero-order valence-electron chi connectivity index (χ0n) is 9.85.